The van der Waals surface area contributed by atoms with Gasteiger partial charge in [0, 0.05) is 0 Å². The lowest BCUT2D eigenvalue weighted by atomic mass is 10.2. The van der Waals surface area contributed by atoms with Gasteiger partial charge in [0.25, 0.3) is 0 Å². The maximum absolute atomic E-state index is 10.5. The van der Waals surface area contributed by atoms with E-state index >= 15 is 0 Å². The average Bonchev–Trinajstić information content (AvgIpc) is 2.34. The molecule has 0 bridgehead atoms. The second kappa shape index (κ2) is 6.85. The van der Waals surface area contributed by atoms with E-state index < -0.39 is 17.5 Å². The van der Waals surface area contributed by atoms with Crippen LogP contribution in [0.15, 0.2) is 60.2 Å². The lowest BCUT2D eigenvalue weighted by molar-refractivity contribution is -0.140. The maximum Gasteiger partial charge on any atom is 0.343 e. The molecule has 0 amide bonds. The van der Waals surface area contributed by atoms with Gasteiger partial charge in [-0.3, -0.25) is 0 Å². The topological polar surface area (TPSA) is 74.6 Å². The van der Waals surface area contributed by atoms with Crippen LogP contribution in [0.25, 0.3) is 6.08 Å². The van der Waals surface area contributed by atoms with Gasteiger partial charge in [0.2, 0.25) is 0 Å². The summed E-state index contributed by atoms with van der Waals surface area (Å²) in [7, 11) is 0. The minimum atomic E-state index is -1.46. The Balaban J connectivity index is 2.66. The Hall–Kier alpha value is -2.62. The Labute approximate surface area is 104 Å². The molecular weight excluding hydrogens is 232 g/mol. The average molecular weight is 244 g/mol. The predicted octanol–water partition coefficient (Wildman–Crippen LogP) is 2.35. The third kappa shape index (κ3) is 4.49. The lowest BCUT2D eigenvalue weighted by Crippen LogP contribution is -2.10. The molecule has 92 valence electrons. The van der Waals surface area contributed by atoms with Gasteiger partial charge in [-0.15, -0.1) is 0 Å². The van der Waals surface area contributed by atoms with Crippen molar-refractivity contribution in [3.63, 3.8) is 0 Å². The summed E-state index contributed by atoms with van der Waals surface area (Å²) in [4.78, 5) is 21.1. The minimum Gasteiger partial charge on any atom is -0.477 e. The fraction of sp³-hybridized carbons (Fsp3) is 0. The Kier molecular flexibility index (Phi) is 5.12. The molecule has 0 saturated carbocycles. The van der Waals surface area contributed by atoms with E-state index in [4.69, 9.17) is 10.2 Å². The Morgan fingerprint density at radius 3 is 2.06 bits per heavy atom. The van der Waals surface area contributed by atoms with Crippen LogP contribution in [0.2, 0.25) is 0 Å². The molecule has 0 radical (unpaired) electrons. The van der Waals surface area contributed by atoms with E-state index in [9.17, 15) is 9.59 Å². The summed E-state index contributed by atoms with van der Waals surface area (Å²) in [5.74, 6) is -2.92. The molecule has 1 rings (SSSR count). The first-order valence-electron chi connectivity index (χ1n) is 5.18. The Bertz CT molecular complexity index is 494. The van der Waals surface area contributed by atoms with Gasteiger partial charge >= 0.3 is 11.9 Å². The number of benzene rings is 1. The zero-order valence-electron chi connectivity index (χ0n) is 9.48. The summed E-state index contributed by atoms with van der Waals surface area (Å²) in [5.41, 5.74) is 0.335. The van der Waals surface area contributed by atoms with E-state index in [0.29, 0.717) is 0 Å². The van der Waals surface area contributed by atoms with Crippen LogP contribution in [0.3, 0.4) is 0 Å². The number of hydrogen-bond acceptors (Lipinski definition) is 2. The number of carbonyl (C=O) groups is 2. The second-order valence-electron chi connectivity index (χ2n) is 3.35. The predicted molar refractivity (Wildman–Crippen MR) is 68.0 cm³/mol. The number of allylic oxidation sites excluding steroid dienone is 4. The van der Waals surface area contributed by atoms with Crippen LogP contribution < -0.4 is 0 Å². The highest BCUT2D eigenvalue weighted by molar-refractivity contribution is 6.12. The monoisotopic (exact) mass is 244 g/mol. The summed E-state index contributed by atoms with van der Waals surface area (Å²) in [6, 6.07) is 9.54. The molecule has 0 saturated heterocycles. The molecule has 0 spiro atoms. The van der Waals surface area contributed by atoms with Crippen molar-refractivity contribution < 1.29 is 19.8 Å². The summed E-state index contributed by atoms with van der Waals surface area (Å²) < 4.78 is 0. The van der Waals surface area contributed by atoms with Crippen LogP contribution in [0, 0.1) is 0 Å². The molecule has 0 aliphatic heterocycles. The van der Waals surface area contributed by atoms with E-state index in [-0.39, 0.29) is 0 Å². The highest BCUT2D eigenvalue weighted by Crippen LogP contribution is 2.01. The SMILES string of the molecule is O=C(O)C(=C/C=C/C=C/c1ccccc1)C(=O)O. The smallest absolute Gasteiger partial charge is 0.343 e. The van der Waals surface area contributed by atoms with Crippen LogP contribution in [0.1, 0.15) is 5.56 Å². The van der Waals surface area contributed by atoms with E-state index in [1.165, 1.54) is 6.08 Å². The molecule has 4 nitrogen and oxygen atoms in total. The van der Waals surface area contributed by atoms with Crippen molar-refractivity contribution in [2.24, 2.45) is 0 Å². The molecule has 0 aliphatic carbocycles. The molecule has 0 unspecified atom stereocenters. The summed E-state index contributed by atoms with van der Waals surface area (Å²) in [5, 5.41) is 17.2. The molecule has 0 atom stereocenters. The molecular formula is C14H12O4. The second-order valence-corrected chi connectivity index (χ2v) is 3.35. The van der Waals surface area contributed by atoms with Gasteiger partial charge in [-0.2, -0.15) is 0 Å². The number of hydrogen-bond donors (Lipinski definition) is 2. The van der Waals surface area contributed by atoms with Crippen molar-refractivity contribution in [3.05, 3.63) is 65.8 Å². The molecule has 0 aromatic heterocycles. The fourth-order valence-corrected chi connectivity index (χ4v) is 1.18. The molecule has 4 heteroatoms. The zero-order valence-corrected chi connectivity index (χ0v) is 9.48. The van der Waals surface area contributed by atoms with Crippen molar-refractivity contribution in [1.29, 1.82) is 0 Å². The Morgan fingerprint density at radius 2 is 1.50 bits per heavy atom. The van der Waals surface area contributed by atoms with Gasteiger partial charge in [0.15, 0.2) is 0 Å². The molecule has 1 aromatic carbocycles. The van der Waals surface area contributed by atoms with Crippen molar-refractivity contribution in [2.45, 2.75) is 0 Å². The quantitative estimate of drug-likeness (QED) is 0.361. The van der Waals surface area contributed by atoms with Gasteiger partial charge < -0.3 is 10.2 Å². The van der Waals surface area contributed by atoms with Crippen LogP contribution >= 0.6 is 0 Å². The van der Waals surface area contributed by atoms with Crippen LogP contribution in [0.4, 0.5) is 0 Å². The normalized spacial score (nSPS) is 10.7. The zero-order chi connectivity index (χ0) is 13.4. The lowest BCUT2D eigenvalue weighted by Gasteiger charge is -1.91. The summed E-state index contributed by atoms with van der Waals surface area (Å²) in [6.45, 7) is 0. The van der Waals surface area contributed by atoms with Gasteiger partial charge in [-0.1, -0.05) is 54.6 Å². The van der Waals surface area contributed by atoms with Gasteiger partial charge in [-0.25, -0.2) is 9.59 Å². The summed E-state index contributed by atoms with van der Waals surface area (Å²) >= 11 is 0. The van der Waals surface area contributed by atoms with Gasteiger partial charge in [0.1, 0.15) is 5.57 Å². The first kappa shape index (κ1) is 13.4. The van der Waals surface area contributed by atoms with Crippen LogP contribution in [-0.2, 0) is 9.59 Å². The largest absolute Gasteiger partial charge is 0.477 e. The van der Waals surface area contributed by atoms with E-state index in [0.717, 1.165) is 11.6 Å². The maximum atomic E-state index is 10.5. The van der Waals surface area contributed by atoms with Crippen molar-refractivity contribution >= 4 is 18.0 Å². The number of rotatable bonds is 5. The van der Waals surface area contributed by atoms with E-state index in [1.54, 1.807) is 12.2 Å². The van der Waals surface area contributed by atoms with Gasteiger partial charge in [-0.05, 0) is 11.6 Å². The standard InChI is InChI=1S/C14H12O4/c15-13(16)12(14(17)18)10-6-2-5-9-11-7-3-1-4-8-11/h1-10H,(H,15,16)(H,17,18)/b6-2+,9-5+. The van der Waals surface area contributed by atoms with Crippen molar-refractivity contribution in [1.82, 2.24) is 0 Å². The first-order valence-corrected chi connectivity index (χ1v) is 5.18. The molecule has 0 heterocycles. The molecule has 0 aliphatic rings. The first-order chi connectivity index (χ1) is 8.61. The molecule has 2 N–H and O–H groups in total. The van der Waals surface area contributed by atoms with Crippen molar-refractivity contribution in [2.75, 3.05) is 0 Å². The number of carboxylic acids is 2. The summed E-state index contributed by atoms with van der Waals surface area (Å²) in [6.07, 6.45) is 7.51. The fourth-order valence-electron chi connectivity index (χ4n) is 1.18. The van der Waals surface area contributed by atoms with E-state index in [2.05, 4.69) is 0 Å². The number of carboxylic acid groups (broad SMARTS) is 2. The minimum absolute atomic E-state index is 0.667. The third-order valence-electron chi connectivity index (χ3n) is 2.03. The number of aliphatic carboxylic acids is 2. The highest BCUT2D eigenvalue weighted by Gasteiger charge is 2.13. The highest BCUT2D eigenvalue weighted by atomic mass is 16.4. The molecule has 0 fully saturated rings. The van der Waals surface area contributed by atoms with Gasteiger partial charge in [0.05, 0.1) is 0 Å². The Morgan fingerprint density at radius 1 is 0.889 bits per heavy atom. The van der Waals surface area contributed by atoms with Crippen molar-refractivity contribution in [3.8, 4) is 0 Å². The molecule has 1 aromatic rings. The van der Waals surface area contributed by atoms with Crippen LogP contribution in [0.5, 0.6) is 0 Å². The molecule has 18 heavy (non-hydrogen) atoms. The van der Waals surface area contributed by atoms with E-state index in [1.807, 2.05) is 36.4 Å². The van der Waals surface area contributed by atoms with Crippen LogP contribution in [-0.4, -0.2) is 22.2 Å². The third-order valence-corrected chi connectivity index (χ3v) is 2.03.